The molecule has 0 radical (unpaired) electrons. The van der Waals surface area contributed by atoms with Crippen LogP contribution in [0.25, 0.3) is 42.0 Å². The maximum Gasteiger partial charge on any atom is 0.227 e. The molecule has 1 atom stereocenters. The summed E-state index contributed by atoms with van der Waals surface area (Å²) in [7, 11) is 0. The van der Waals surface area contributed by atoms with E-state index in [1.54, 1.807) is 0 Å². The van der Waals surface area contributed by atoms with E-state index in [1.807, 2.05) is 17.4 Å². The lowest BCUT2D eigenvalue weighted by atomic mass is 10.1. The Balaban J connectivity index is 1.49. The molecule has 2 aromatic heterocycles. The molecule has 3 heterocycles. The molecule has 6 aromatic rings. The summed E-state index contributed by atoms with van der Waals surface area (Å²) >= 11 is 1.87. The number of nitrogens with one attached hydrogen (secondary N) is 2. The molecule has 0 saturated carbocycles. The van der Waals surface area contributed by atoms with E-state index in [-0.39, 0.29) is 6.17 Å². The minimum absolute atomic E-state index is 0.0412. The molecule has 1 aliphatic heterocycles. The van der Waals surface area contributed by atoms with Crippen molar-refractivity contribution in [3.63, 3.8) is 0 Å². The zero-order valence-electron chi connectivity index (χ0n) is 16.5. The van der Waals surface area contributed by atoms with Gasteiger partial charge in [-0.1, -0.05) is 72.8 Å². The maximum absolute atomic E-state index is 4.68. The second-order valence-corrected chi connectivity index (χ2v) is 8.89. The Hall–Kier alpha value is -3.83. The fourth-order valence-electron chi connectivity index (χ4n) is 4.70. The number of nitrogens with zero attached hydrogens (tertiary/aromatic N) is 2. The van der Waals surface area contributed by atoms with E-state index in [9.17, 15) is 0 Å². The quantitative estimate of drug-likeness (QED) is 0.335. The fourth-order valence-corrected chi connectivity index (χ4v) is 5.96. The van der Waals surface area contributed by atoms with Crippen molar-refractivity contribution in [3.8, 4) is 0 Å². The minimum atomic E-state index is -0.0412. The average Bonchev–Trinajstić information content (AvgIpc) is 3.53. The van der Waals surface area contributed by atoms with Crippen LogP contribution in [0.2, 0.25) is 0 Å². The number of para-hydroxylation sites is 1. The molecule has 2 N–H and O–H groups in total. The van der Waals surface area contributed by atoms with E-state index >= 15 is 0 Å². The Labute approximate surface area is 182 Å². The van der Waals surface area contributed by atoms with Crippen molar-refractivity contribution >= 4 is 59.3 Å². The third-order valence-corrected chi connectivity index (χ3v) is 7.30. The summed E-state index contributed by atoms with van der Waals surface area (Å²) in [6, 6.07) is 32.1. The number of fused-ring (bicyclic) bond motifs is 7. The first-order chi connectivity index (χ1) is 15.4. The van der Waals surface area contributed by atoms with Crippen molar-refractivity contribution in [2.45, 2.75) is 6.17 Å². The summed E-state index contributed by atoms with van der Waals surface area (Å²) in [5.74, 6) is 0.820. The SMILES string of the molecule is c1ccc(C2NN=C(n3c4ccccc4c4c5sc6ccccc6c5ccc43)N2)cc1. The highest BCUT2D eigenvalue weighted by Crippen LogP contribution is 2.42. The van der Waals surface area contributed by atoms with Gasteiger partial charge in [0.05, 0.1) is 11.0 Å². The number of hydrazone groups is 1. The zero-order valence-corrected chi connectivity index (χ0v) is 17.4. The average molecular weight is 419 g/mol. The molecule has 148 valence electrons. The molecule has 0 amide bonds. The lowest BCUT2D eigenvalue weighted by Gasteiger charge is -2.13. The molecule has 0 spiro atoms. The predicted octanol–water partition coefficient (Wildman–Crippen LogP) is 6.17. The van der Waals surface area contributed by atoms with Gasteiger partial charge in [-0.15, -0.1) is 16.4 Å². The summed E-state index contributed by atoms with van der Waals surface area (Å²) in [6.07, 6.45) is -0.0412. The number of aromatic nitrogens is 1. The Bertz CT molecular complexity index is 1640. The van der Waals surface area contributed by atoms with Crippen molar-refractivity contribution in [1.82, 2.24) is 15.3 Å². The number of rotatable bonds is 1. The van der Waals surface area contributed by atoms with Gasteiger partial charge in [-0.25, -0.2) is 0 Å². The van der Waals surface area contributed by atoms with Crippen LogP contribution in [0.5, 0.6) is 0 Å². The summed E-state index contributed by atoms with van der Waals surface area (Å²) in [5.41, 5.74) is 6.74. The Morgan fingerprint density at radius 1 is 0.710 bits per heavy atom. The monoisotopic (exact) mass is 418 g/mol. The van der Waals surface area contributed by atoms with Gasteiger partial charge in [-0.3, -0.25) is 9.99 Å². The van der Waals surface area contributed by atoms with E-state index in [0.29, 0.717) is 0 Å². The lowest BCUT2D eigenvalue weighted by molar-refractivity contribution is 0.573. The highest BCUT2D eigenvalue weighted by molar-refractivity contribution is 7.26. The fraction of sp³-hybridized carbons (Fsp3) is 0.0385. The van der Waals surface area contributed by atoms with Crippen molar-refractivity contribution in [2.24, 2.45) is 5.10 Å². The third-order valence-electron chi connectivity index (χ3n) is 6.10. The molecular formula is C26H18N4S. The van der Waals surface area contributed by atoms with Crippen molar-refractivity contribution < 1.29 is 0 Å². The molecule has 4 aromatic carbocycles. The first-order valence-electron chi connectivity index (χ1n) is 10.4. The molecule has 0 saturated heterocycles. The van der Waals surface area contributed by atoms with Crippen LogP contribution in [-0.2, 0) is 0 Å². The minimum Gasteiger partial charge on any atom is -0.329 e. The molecule has 1 aliphatic rings. The molecule has 1 unspecified atom stereocenters. The van der Waals surface area contributed by atoms with Crippen LogP contribution in [-0.4, -0.2) is 10.5 Å². The van der Waals surface area contributed by atoms with E-state index in [4.69, 9.17) is 0 Å². The first-order valence-corrected chi connectivity index (χ1v) is 11.2. The van der Waals surface area contributed by atoms with Gasteiger partial charge in [0.15, 0.2) is 0 Å². The smallest absolute Gasteiger partial charge is 0.227 e. The van der Waals surface area contributed by atoms with E-state index in [0.717, 1.165) is 17.0 Å². The second kappa shape index (κ2) is 6.33. The summed E-state index contributed by atoms with van der Waals surface area (Å²) in [4.78, 5) is 0. The Morgan fingerprint density at radius 3 is 2.39 bits per heavy atom. The molecule has 7 rings (SSSR count). The Morgan fingerprint density at radius 2 is 1.48 bits per heavy atom. The highest BCUT2D eigenvalue weighted by Gasteiger charge is 2.24. The summed E-state index contributed by atoms with van der Waals surface area (Å²) in [5, 5.41) is 13.4. The van der Waals surface area contributed by atoms with Crippen LogP contribution in [0.15, 0.2) is 96.1 Å². The zero-order chi connectivity index (χ0) is 20.4. The van der Waals surface area contributed by atoms with Gasteiger partial charge >= 0.3 is 0 Å². The molecule has 0 aliphatic carbocycles. The van der Waals surface area contributed by atoms with Crippen LogP contribution < -0.4 is 10.7 Å². The van der Waals surface area contributed by atoms with Gasteiger partial charge in [0, 0.05) is 30.9 Å². The van der Waals surface area contributed by atoms with E-state index in [2.05, 4.69) is 105 Å². The highest BCUT2D eigenvalue weighted by atomic mass is 32.1. The number of hydrogen-bond donors (Lipinski definition) is 2. The second-order valence-electron chi connectivity index (χ2n) is 7.84. The van der Waals surface area contributed by atoms with Crippen LogP contribution in [0.4, 0.5) is 0 Å². The predicted molar refractivity (Wildman–Crippen MR) is 131 cm³/mol. The van der Waals surface area contributed by atoms with Crippen molar-refractivity contribution in [3.05, 3.63) is 96.6 Å². The molecule has 5 heteroatoms. The molecule has 0 bridgehead atoms. The van der Waals surface area contributed by atoms with Crippen LogP contribution in [0, 0.1) is 0 Å². The standard InChI is InChI=1S/C26H18N4S/c1-2-8-16(9-3-1)25-27-26(29-28-25)30-20-12-6-4-11-19(20)23-21(30)15-14-18-17-10-5-7-13-22(17)31-24(18)23/h1-15,25,28H,(H,27,29). The van der Waals surface area contributed by atoms with Crippen LogP contribution >= 0.6 is 11.3 Å². The van der Waals surface area contributed by atoms with Gasteiger partial charge in [-0.2, -0.15) is 0 Å². The largest absolute Gasteiger partial charge is 0.329 e. The first kappa shape index (κ1) is 16.9. The van der Waals surface area contributed by atoms with Crippen molar-refractivity contribution in [1.29, 1.82) is 0 Å². The number of thiophene rings is 1. The van der Waals surface area contributed by atoms with E-state index in [1.165, 1.54) is 36.5 Å². The topological polar surface area (TPSA) is 41.4 Å². The van der Waals surface area contributed by atoms with Crippen LogP contribution in [0.3, 0.4) is 0 Å². The van der Waals surface area contributed by atoms with Gasteiger partial charge in [0.25, 0.3) is 0 Å². The van der Waals surface area contributed by atoms with Gasteiger partial charge in [-0.05, 0) is 23.8 Å². The van der Waals surface area contributed by atoms with Crippen molar-refractivity contribution in [2.75, 3.05) is 0 Å². The van der Waals surface area contributed by atoms with Crippen LogP contribution in [0.1, 0.15) is 11.7 Å². The third kappa shape index (κ3) is 2.38. The van der Waals surface area contributed by atoms with Gasteiger partial charge < -0.3 is 5.32 Å². The maximum atomic E-state index is 4.68. The lowest BCUT2D eigenvalue weighted by Crippen LogP contribution is -2.30. The molecular weight excluding hydrogens is 400 g/mol. The normalized spacial score (nSPS) is 16.1. The van der Waals surface area contributed by atoms with E-state index < -0.39 is 0 Å². The van der Waals surface area contributed by atoms with Gasteiger partial charge in [0.1, 0.15) is 6.17 Å². The number of benzene rings is 4. The number of hydrogen-bond acceptors (Lipinski definition) is 4. The molecule has 0 fully saturated rings. The van der Waals surface area contributed by atoms with Gasteiger partial charge in [0.2, 0.25) is 5.96 Å². The summed E-state index contributed by atoms with van der Waals surface area (Å²) < 4.78 is 4.90. The Kier molecular flexibility index (Phi) is 3.45. The molecule has 4 nitrogen and oxygen atoms in total. The molecule has 31 heavy (non-hydrogen) atoms. The summed E-state index contributed by atoms with van der Waals surface area (Å²) in [6.45, 7) is 0.